The van der Waals surface area contributed by atoms with E-state index in [2.05, 4.69) is 23.1 Å². The smallest absolute Gasteiger partial charge is 0.253 e. The van der Waals surface area contributed by atoms with Gasteiger partial charge in [-0.1, -0.05) is 26.0 Å². The molecule has 2 aliphatic rings. The lowest BCUT2D eigenvalue weighted by Crippen LogP contribution is -2.32. The Labute approximate surface area is 213 Å². The van der Waals surface area contributed by atoms with Crippen LogP contribution in [-0.4, -0.2) is 42.1 Å². The Morgan fingerprint density at radius 3 is 2.25 bits per heavy atom. The zero-order valence-corrected chi connectivity index (χ0v) is 22.0. The van der Waals surface area contributed by atoms with Gasteiger partial charge in [0, 0.05) is 41.3 Å². The van der Waals surface area contributed by atoms with Crippen molar-refractivity contribution in [2.75, 3.05) is 23.5 Å². The fourth-order valence-corrected chi connectivity index (χ4v) is 6.54. The Kier molecular flexibility index (Phi) is 6.72. The Morgan fingerprint density at radius 1 is 1.03 bits per heavy atom. The number of benzene rings is 2. The number of nitrogens with zero attached hydrogens (tertiary/aromatic N) is 2. The maximum atomic E-state index is 13.3. The van der Waals surface area contributed by atoms with Crippen LogP contribution in [0.3, 0.4) is 0 Å². The van der Waals surface area contributed by atoms with Crippen LogP contribution in [0.15, 0.2) is 42.5 Å². The number of hydrogen-bond acceptors (Lipinski definition) is 4. The largest absolute Gasteiger partial charge is 0.396 e. The minimum Gasteiger partial charge on any atom is -0.396 e. The number of nitrogens with two attached hydrogens (primary N) is 1. The normalized spacial score (nSPS) is 16.2. The van der Waals surface area contributed by atoms with Crippen LogP contribution >= 0.6 is 0 Å². The van der Waals surface area contributed by atoms with Crippen LogP contribution in [0.2, 0.25) is 0 Å². The highest BCUT2D eigenvalue weighted by Crippen LogP contribution is 2.44. The average molecular weight is 509 g/mol. The van der Waals surface area contributed by atoms with E-state index in [0.717, 1.165) is 73.8 Å². The summed E-state index contributed by atoms with van der Waals surface area (Å²) in [7, 11) is -3.31. The molecule has 8 heteroatoms. The molecule has 3 aromatic rings. The number of nitrogen functional groups attached to an aromatic ring is 1. The molecule has 0 bridgehead atoms. The van der Waals surface area contributed by atoms with Crippen molar-refractivity contribution in [2.45, 2.75) is 70.1 Å². The molecule has 2 saturated carbocycles. The fraction of sp³-hybridized carbons (Fsp3) is 0.464. The SMILES string of the molecule is CCCN(CCC)C(=O)c1ccc2c(N)c(-c3ccc(NS(=O)(=O)C4CC4)cc3)n(C3CCC3)c2c1. The van der Waals surface area contributed by atoms with Crippen LogP contribution in [0, 0.1) is 0 Å². The number of fused-ring (bicyclic) bond motifs is 1. The number of carbonyl (C=O) groups is 1. The molecule has 5 rings (SSSR count). The van der Waals surface area contributed by atoms with Crippen molar-refractivity contribution in [1.29, 1.82) is 0 Å². The lowest BCUT2D eigenvalue weighted by Gasteiger charge is -2.30. The summed E-state index contributed by atoms with van der Waals surface area (Å²) in [5, 5.41) is 0.681. The first-order chi connectivity index (χ1) is 17.3. The molecule has 2 fully saturated rings. The van der Waals surface area contributed by atoms with Gasteiger partial charge < -0.3 is 15.2 Å². The highest BCUT2D eigenvalue weighted by atomic mass is 32.2. The van der Waals surface area contributed by atoms with Gasteiger partial charge >= 0.3 is 0 Å². The summed E-state index contributed by atoms with van der Waals surface area (Å²) in [6.45, 7) is 5.68. The molecule has 0 saturated heterocycles. The molecule has 7 nitrogen and oxygen atoms in total. The lowest BCUT2D eigenvalue weighted by atomic mass is 9.92. The van der Waals surface area contributed by atoms with E-state index in [-0.39, 0.29) is 11.2 Å². The van der Waals surface area contributed by atoms with Gasteiger partial charge in [0.1, 0.15) is 0 Å². The number of sulfonamides is 1. The Morgan fingerprint density at radius 2 is 1.69 bits per heavy atom. The fourth-order valence-electron chi connectivity index (χ4n) is 5.15. The Balaban J connectivity index is 1.54. The van der Waals surface area contributed by atoms with Gasteiger partial charge in [-0.05, 0) is 75.3 Å². The maximum Gasteiger partial charge on any atom is 0.253 e. The second kappa shape index (κ2) is 9.81. The van der Waals surface area contributed by atoms with Gasteiger partial charge in [0.15, 0.2) is 0 Å². The van der Waals surface area contributed by atoms with Crippen LogP contribution < -0.4 is 10.5 Å². The third kappa shape index (κ3) is 4.59. The quantitative estimate of drug-likeness (QED) is 0.363. The number of hydrogen-bond donors (Lipinski definition) is 2. The van der Waals surface area contributed by atoms with E-state index in [1.54, 1.807) is 12.1 Å². The van der Waals surface area contributed by atoms with E-state index >= 15 is 0 Å². The number of rotatable bonds is 10. The van der Waals surface area contributed by atoms with E-state index in [1.807, 2.05) is 35.2 Å². The van der Waals surface area contributed by atoms with E-state index in [4.69, 9.17) is 5.73 Å². The Bertz CT molecular complexity index is 1360. The minimum atomic E-state index is -3.31. The summed E-state index contributed by atoms with van der Waals surface area (Å²) in [5.41, 5.74) is 11.6. The lowest BCUT2D eigenvalue weighted by molar-refractivity contribution is 0.0755. The summed E-state index contributed by atoms with van der Waals surface area (Å²) >= 11 is 0. The molecule has 2 aliphatic carbocycles. The predicted octanol–water partition coefficient (Wildman–Crippen LogP) is 5.78. The molecule has 36 heavy (non-hydrogen) atoms. The highest BCUT2D eigenvalue weighted by Gasteiger charge is 2.35. The van der Waals surface area contributed by atoms with Crippen LogP contribution in [0.1, 0.15) is 75.2 Å². The first kappa shape index (κ1) is 24.7. The van der Waals surface area contributed by atoms with Crippen molar-refractivity contribution < 1.29 is 13.2 Å². The third-order valence-corrected chi connectivity index (χ3v) is 9.26. The van der Waals surface area contributed by atoms with E-state index < -0.39 is 10.0 Å². The summed E-state index contributed by atoms with van der Waals surface area (Å²) in [6.07, 6.45) is 6.63. The van der Waals surface area contributed by atoms with Crippen LogP contribution in [-0.2, 0) is 10.0 Å². The van der Waals surface area contributed by atoms with Gasteiger partial charge in [0.2, 0.25) is 10.0 Å². The summed E-state index contributed by atoms with van der Waals surface area (Å²) < 4.78 is 29.7. The van der Waals surface area contributed by atoms with Crippen LogP contribution in [0.25, 0.3) is 22.2 Å². The molecule has 1 heterocycles. The van der Waals surface area contributed by atoms with Crippen molar-refractivity contribution in [3.8, 4) is 11.3 Å². The number of anilines is 2. The zero-order chi connectivity index (χ0) is 25.4. The number of amides is 1. The van der Waals surface area contributed by atoms with Crippen LogP contribution in [0.4, 0.5) is 11.4 Å². The van der Waals surface area contributed by atoms with Crippen molar-refractivity contribution in [1.82, 2.24) is 9.47 Å². The second-order valence-corrected chi connectivity index (χ2v) is 12.1. The molecule has 0 unspecified atom stereocenters. The number of nitrogens with one attached hydrogen (secondary N) is 1. The number of carbonyl (C=O) groups excluding carboxylic acids is 1. The molecule has 3 N–H and O–H groups in total. The van der Waals surface area contributed by atoms with Gasteiger partial charge in [0.25, 0.3) is 5.91 Å². The zero-order valence-electron chi connectivity index (χ0n) is 21.2. The summed E-state index contributed by atoms with van der Waals surface area (Å²) in [6, 6.07) is 13.7. The highest BCUT2D eigenvalue weighted by molar-refractivity contribution is 7.93. The van der Waals surface area contributed by atoms with Crippen LogP contribution in [0.5, 0.6) is 0 Å². The van der Waals surface area contributed by atoms with Crippen molar-refractivity contribution in [3.63, 3.8) is 0 Å². The van der Waals surface area contributed by atoms with Gasteiger partial charge in [-0.2, -0.15) is 0 Å². The van der Waals surface area contributed by atoms with Gasteiger partial charge in [0.05, 0.1) is 22.1 Å². The molecule has 192 valence electrons. The van der Waals surface area contributed by atoms with E-state index in [9.17, 15) is 13.2 Å². The predicted molar refractivity (Wildman–Crippen MR) is 147 cm³/mol. The van der Waals surface area contributed by atoms with Crippen molar-refractivity contribution in [3.05, 3.63) is 48.0 Å². The topological polar surface area (TPSA) is 97.4 Å². The average Bonchev–Trinajstić information content (AvgIpc) is 3.65. The van der Waals surface area contributed by atoms with Gasteiger partial charge in [-0.3, -0.25) is 9.52 Å². The summed E-state index contributed by atoms with van der Waals surface area (Å²) in [5.74, 6) is 0.0642. The molecule has 2 aromatic carbocycles. The van der Waals surface area contributed by atoms with Gasteiger partial charge in [-0.25, -0.2) is 8.42 Å². The Hall–Kier alpha value is -3.00. The summed E-state index contributed by atoms with van der Waals surface area (Å²) in [4.78, 5) is 15.3. The molecule has 0 atom stereocenters. The second-order valence-electron chi connectivity index (χ2n) is 10.2. The third-order valence-electron chi connectivity index (χ3n) is 7.39. The molecular formula is C28H36N4O3S. The first-order valence-electron chi connectivity index (χ1n) is 13.2. The minimum absolute atomic E-state index is 0.0642. The van der Waals surface area contributed by atoms with Crippen molar-refractivity contribution in [2.24, 2.45) is 0 Å². The van der Waals surface area contributed by atoms with E-state index in [1.165, 1.54) is 6.42 Å². The molecule has 0 spiro atoms. The number of aromatic nitrogens is 1. The first-order valence-corrected chi connectivity index (χ1v) is 14.7. The monoisotopic (exact) mass is 508 g/mol. The standard InChI is InChI=1S/C28H36N4O3S/c1-3-16-31(17-4-2)28(33)20-10-15-24-25(18-20)32(22-6-5-7-22)27(26(24)29)19-8-11-21(12-9-19)30-36(34,35)23-13-14-23/h8-12,15,18,22-23,30H,3-7,13-14,16-17,29H2,1-2H3. The molecule has 1 amide bonds. The molecule has 0 radical (unpaired) electrons. The van der Waals surface area contributed by atoms with Gasteiger partial charge in [-0.15, -0.1) is 0 Å². The molecule has 1 aromatic heterocycles. The van der Waals surface area contributed by atoms with Crippen molar-refractivity contribution >= 4 is 38.2 Å². The molecular weight excluding hydrogens is 472 g/mol. The van der Waals surface area contributed by atoms with E-state index in [0.29, 0.717) is 23.0 Å². The maximum absolute atomic E-state index is 13.3. The molecule has 0 aliphatic heterocycles.